The number of carbonyl (C=O) groups is 1. The molecule has 3 aromatic heterocycles. The third kappa shape index (κ3) is 8.68. The standard InChI is InChI=1S/C29H25N2S2.C13H24O2.Ir/c1-16-10-19-7-8-20(13-21(19)11-17(16)2)24-27-25(31-15-30-24)28-26(33-27)22-12-18(14-29(3,4)5)6-9-23(22)32-28;1-5-10(6-2)12(14)9-13(15)11(7-3)8-4;/h6-12,15H,14H2,1-5H3;9-11,14H,5-8H2,1-4H3;/q-1;;/b;12-9-;. The van der Waals surface area contributed by atoms with E-state index in [2.05, 4.69) is 83.1 Å². The van der Waals surface area contributed by atoms with Crippen LogP contribution in [-0.4, -0.2) is 20.9 Å². The van der Waals surface area contributed by atoms with Crippen LogP contribution in [0.5, 0.6) is 0 Å². The number of carbonyl (C=O) groups excluding carboxylic acids is 1. The first-order valence-electron chi connectivity index (χ1n) is 17.3. The molecule has 6 rings (SSSR count). The Morgan fingerprint density at radius 1 is 0.857 bits per heavy atom. The molecule has 1 N–H and O–H groups in total. The fourth-order valence-electron chi connectivity index (χ4n) is 6.39. The number of benzene rings is 3. The van der Waals surface area contributed by atoms with Crippen LogP contribution in [0.25, 0.3) is 51.7 Å². The second kappa shape index (κ2) is 16.4. The number of allylic oxidation sites excluding steroid dienone is 2. The number of hydrogen-bond acceptors (Lipinski definition) is 6. The number of rotatable bonds is 9. The smallest absolute Gasteiger partial charge is 0.162 e. The van der Waals surface area contributed by atoms with Crippen molar-refractivity contribution in [1.29, 1.82) is 0 Å². The first-order valence-corrected chi connectivity index (χ1v) is 19.0. The molecule has 3 heterocycles. The molecule has 3 aromatic carbocycles. The zero-order chi connectivity index (χ0) is 34.7. The summed E-state index contributed by atoms with van der Waals surface area (Å²) in [5, 5.41) is 13.5. The Kier molecular flexibility index (Phi) is 13.0. The second-order valence-electron chi connectivity index (χ2n) is 14.2. The first kappa shape index (κ1) is 38.8. The van der Waals surface area contributed by atoms with Crippen LogP contribution in [0.4, 0.5) is 0 Å². The van der Waals surface area contributed by atoms with E-state index in [0.717, 1.165) is 59.0 Å². The van der Waals surface area contributed by atoms with Crippen molar-refractivity contribution in [2.75, 3.05) is 0 Å². The van der Waals surface area contributed by atoms with Crippen LogP contribution in [0.3, 0.4) is 0 Å². The van der Waals surface area contributed by atoms with Crippen molar-refractivity contribution in [3.63, 3.8) is 0 Å². The molecule has 7 heteroatoms. The molecular weight excluding hydrogens is 821 g/mol. The summed E-state index contributed by atoms with van der Waals surface area (Å²) in [4.78, 5) is 21.1. The van der Waals surface area contributed by atoms with E-state index in [-0.39, 0.29) is 48.9 Å². The summed E-state index contributed by atoms with van der Waals surface area (Å²) in [7, 11) is 0. The zero-order valence-electron chi connectivity index (χ0n) is 30.3. The van der Waals surface area contributed by atoms with Gasteiger partial charge in [-0.3, -0.25) is 9.78 Å². The molecule has 0 aliphatic carbocycles. The van der Waals surface area contributed by atoms with Gasteiger partial charge in [-0.15, -0.1) is 52.3 Å². The molecule has 0 aliphatic rings. The topological polar surface area (TPSA) is 63.1 Å². The van der Waals surface area contributed by atoms with E-state index in [1.54, 1.807) is 6.33 Å². The largest absolute Gasteiger partial charge is 0.512 e. The van der Waals surface area contributed by atoms with Crippen molar-refractivity contribution >= 4 is 68.9 Å². The van der Waals surface area contributed by atoms with E-state index >= 15 is 0 Å². The van der Waals surface area contributed by atoms with Crippen LogP contribution in [-0.2, 0) is 31.3 Å². The average Bonchev–Trinajstić information content (AvgIpc) is 3.58. The van der Waals surface area contributed by atoms with Gasteiger partial charge in [0.05, 0.1) is 20.7 Å². The van der Waals surface area contributed by atoms with Crippen LogP contribution in [0.1, 0.15) is 90.8 Å². The summed E-state index contributed by atoms with van der Waals surface area (Å²) < 4.78 is 5.09. The Hall–Kier alpha value is -2.96. The van der Waals surface area contributed by atoms with Gasteiger partial charge in [0.15, 0.2) is 5.78 Å². The molecular formula is C42H49IrN2O2S2-. The maximum absolute atomic E-state index is 11.7. The summed E-state index contributed by atoms with van der Waals surface area (Å²) in [6.07, 6.45) is 7.68. The normalized spacial score (nSPS) is 12.3. The fourth-order valence-corrected chi connectivity index (χ4v) is 9.03. The number of hydrogen-bond donors (Lipinski definition) is 1. The van der Waals surface area contributed by atoms with Gasteiger partial charge in [-0.1, -0.05) is 82.7 Å². The van der Waals surface area contributed by atoms with Crippen molar-refractivity contribution in [3.8, 4) is 11.3 Å². The Bertz CT molecular complexity index is 2110. The third-order valence-corrected chi connectivity index (χ3v) is 11.9. The van der Waals surface area contributed by atoms with Gasteiger partial charge in [0.25, 0.3) is 0 Å². The van der Waals surface area contributed by atoms with Gasteiger partial charge in [0, 0.05) is 58.5 Å². The summed E-state index contributed by atoms with van der Waals surface area (Å²) in [6.45, 7) is 19.3. The molecule has 261 valence electrons. The Morgan fingerprint density at radius 2 is 1.53 bits per heavy atom. The third-order valence-electron chi connectivity index (χ3n) is 9.37. The van der Waals surface area contributed by atoms with Gasteiger partial charge in [0.2, 0.25) is 0 Å². The maximum atomic E-state index is 11.7. The number of aryl methyl sites for hydroxylation is 2. The SMILES string of the molecule is CCC(CC)C(=O)/C=C(\O)C(CC)CC.Cc1cc2[c-]c(-c3ncnc4c3sc3c5cc(CC(C)(C)C)ccc5sc43)ccc2cc1C.[Ir]. The van der Waals surface area contributed by atoms with Crippen LogP contribution >= 0.6 is 22.7 Å². The van der Waals surface area contributed by atoms with Gasteiger partial charge < -0.3 is 5.11 Å². The van der Waals surface area contributed by atoms with E-state index in [9.17, 15) is 9.90 Å². The van der Waals surface area contributed by atoms with Crippen molar-refractivity contribution in [2.24, 2.45) is 17.3 Å². The number of thiophene rings is 2. The van der Waals surface area contributed by atoms with Crippen molar-refractivity contribution in [2.45, 2.75) is 94.4 Å². The van der Waals surface area contributed by atoms with Crippen molar-refractivity contribution in [3.05, 3.63) is 83.4 Å². The predicted molar refractivity (Wildman–Crippen MR) is 209 cm³/mol. The molecule has 0 unspecified atom stereocenters. The van der Waals surface area contributed by atoms with Crippen molar-refractivity contribution < 1.29 is 30.0 Å². The monoisotopic (exact) mass is 870 g/mol. The molecule has 4 nitrogen and oxygen atoms in total. The molecule has 0 aliphatic heterocycles. The van der Waals surface area contributed by atoms with Gasteiger partial charge in [-0.25, -0.2) is 4.98 Å². The molecule has 49 heavy (non-hydrogen) atoms. The Labute approximate surface area is 313 Å². The molecule has 0 spiro atoms. The molecule has 0 saturated carbocycles. The number of aliphatic hydroxyl groups excluding tert-OH is 1. The van der Waals surface area contributed by atoms with E-state index in [0.29, 0.717) is 0 Å². The molecule has 0 atom stereocenters. The molecule has 6 aromatic rings. The van der Waals surface area contributed by atoms with E-state index < -0.39 is 0 Å². The van der Waals surface area contributed by atoms with E-state index in [4.69, 9.17) is 9.97 Å². The average molecular weight is 870 g/mol. The predicted octanol–water partition coefficient (Wildman–Crippen LogP) is 12.8. The quantitative estimate of drug-likeness (QED) is 0.0893. The van der Waals surface area contributed by atoms with E-state index in [1.807, 2.05) is 50.4 Å². The summed E-state index contributed by atoms with van der Waals surface area (Å²) in [6, 6.07) is 19.4. The molecule has 0 fully saturated rings. The van der Waals surface area contributed by atoms with Gasteiger partial charge in [0.1, 0.15) is 6.33 Å². The molecule has 1 radical (unpaired) electrons. The number of aliphatic hydroxyl groups is 1. The van der Waals surface area contributed by atoms with Crippen LogP contribution in [0.2, 0.25) is 0 Å². The van der Waals surface area contributed by atoms with Crippen LogP contribution in [0.15, 0.2) is 60.6 Å². The minimum Gasteiger partial charge on any atom is -0.512 e. The fraction of sp³-hybridized carbons (Fsp3) is 0.405. The van der Waals surface area contributed by atoms with Gasteiger partial charge >= 0.3 is 0 Å². The summed E-state index contributed by atoms with van der Waals surface area (Å²) in [5.41, 5.74) is 7.34. The molecule has 0 saturated heterocycles. The Morgan fingerprint density at radius 3 is 2.18 bits per heavy atom. The van der Waals surface area contributed by atoms with E-state index in [1.165, 1.54) is 47.6 Å². The minimum atomic E-state index is 0. The zero-order valence-corrected chi connectivity index (χ0v) is 34.3. The molecule has 0 amide bonds. The molecule has 0 bridgehead atoms. The summed E-state index contributed by atoms with van der Waals surface area (Å²) >= 11 is 3.67. The number of nitrogens with zero attached hydrogens (tertiary/aromatic N) is 2. The number of aromatic nitrogens is 2. The van der Waals surface area contributed by atoms with Crippen LogP contribution < -0.4 is 0 Å². The minimum absolute atomic E-state index is 0. The summed E-state index contributed by atoms with van der Waals surface area (Å²) in [5.74, 6) is 0.547. The number of fused-ring (bicyclic) bond motifs is 6. The second-order valence-corrected chi connectivity index (χ2v) is 16.3. The van der Waals surface area contributed by atoms with Crippen LogP contribution in [0, 0.1) is 37.2 Å². The van der Waals surface area contributed by atoms with Gasteiger partial charge in [-0.05, 0) is 69.1 Å². The first-order chi connectivity index (χ1) is 22.9. The maximum Gasteiger partial charge on any atom is 0.162 e. The number of ketones is 1. The Balaban J connectivity index is 0.000000290. The van der Waals surface area contributed by atoms with Gasteiger partial charge in [-0.2, -0.15) is 0 Å². The van der Waals surface area contributed by atoms with Crippen molar-refractivity contribution in [1.82, 2.24) is 9.97 Å².